The molecule has 2 rings (SSSR count). The SMILES string of the molecule is Cc1ccnc(N(C)[C@@H]2CCCNC2)c1.Cl. The Hall–Kier alpha value is -0.800. The number of piperidine rings is 1. The zero-order valence-corrected chi connectivity index (χ0v) is 10.8. The number of halogens is 1. The highest BCUT2D eigenvalue weighted by Gasteiger charge is 2.18. The molecule has 0 saturated carbocycles. The molecule has 90 valence electrons. The average molecular weight is 242 g/mol. The molecule has 0 bridgehead atoms. The van der Waals surface area contributed by atoms with Gasteiger partial charge >= 0.3 is 0 Å². The summed E-state index contributed by atoms with van der Waals surface area (Å²) < 4.78 is 0. The minimum atomic E-state index is 0. The highest BCUT2D eigenvalue weighted by molar-refractivity contribution is 5.85. The summed E-state index contributed by atoms with van der Waals surface area (Å²) in [4.78, 5) is 6.70. The van der Waals surface area contributed by atoms with E-state index in [9.17, 15) is 0 Å². The maximum Gasteiger partial charge on any atom is 0.128 e. The first-order valence-corrected chi connectivity index (χ1v) is 5.63. The highest BCUT2D eigenvalue weighted by atomic mass is 35.5. The maximum absolute atomic E-state index is 4.41. The number of nitrogens with one attached hydrogen (secondary N) is 1. The van der Waals surface area contributed by atoms with E-state index in [0.717, 1.165) is 18.9 Å². The fourth-order valence-corrected chi connectivity index (χ4v) is 2.06. The van der Waals surface area contributed by atoms with Crippen LogP contribution in [0.5, 0.6) is 0 Å². The molecule has 3 nitrogen and oxygen atoms in total. The molecule has 1 aromatic heterocycles. The van der Waals surface area contributed by atoms with Crippen molar-refractivity contribution >= 4 is 18.2 Å². The topological polar surface area (TPSA) is 28.2 Å². The van der Waals surface area contributed by atoms with Crippen LogP contribution < -0.4 is 10.2 Å². The Morgan fingerprint density at radius 2 is 2.31 bits per heavy atom. The number of likely N-dealkylation sites (N-methyl/N-ethyl adjacent to an activating group) is 1. The monoisotopic (exact) mass is 241 g/mol. The van der Waals surface area contributed by atoms with Crippen molar-refractivity contribution in [1.29, 1.82) is 0 Å². The second kappa shape index (κ2) is 6.06. The molecule has 1 aromatic rings. The maximum atomic E-state index is 4.41. The molecule has 0 amide bonds. The van der Waals surface area contributed by atoms with Gasteiger partial charge in [0.05, 0.1) is 0 Å². The second-order valence-corrected chi connectivity index (χ2v) is 4.30. The van der Waals surface area contributed by atoms with E-state index in [-0.39, 0.29) is 12.4 Å². The van der Waals surface area contributed by atoms with E-state index >= 15 is 0 Å². The van der Waals surface area contributed by atoms with Crippen molar-refractivity contribution in [3.63, 3.8) is 0 Å². The molecule has 1 aliphatic rings. The summed E-state index contributed by atoms with van der Waals surface area (Å²) in [7, 11) is 2.14. The van der Waals surface area contributed by atoms with E-state index in [2.05, 4.69) is 35.2 Å². The predicted molar refractivity (Wildman–Crippen MR) is 70.5 cm³/mol. The lowest BCUT2D eigenvalue weighted by Gasteiger charge is -2.32. The van der Waals surface area contributed by atoms with E-state index in [1.807, 2.05) is 12.3 Å². The molecule has 0 aromatic carbocycles. The smallest absolute Gasteiger partial charge is 0.128 e. The fraction of sp³-hybridized carbons (Fsp3) is 0.583. The normalized spacial score (nSPS) is 20.0. The van der Waals surface area contributed by atoms with Crippen LogP contribution in [-0.2, 0) is 0 Å². The number of pyridine rings is 1. The summed E-state index contributed by atoms with van der Waals surface area (Å²) in [5.74, 6) is 1.09. The fourth-order valence-electron chi connectivity index (χ4n) is 2.06. The summed E-state index contributed by atoms with van der Waals surface area (Å²) in [6, 6.07) is 4.78. The number of rotatable bonds is 2. The van der Waals surface area contributed by atoms with Gasteiger partial charge in [-0.3, -0.25) is 0 Å². The van der Waals surface area contributed by atoms with Crippen LogP contribution in [0.1, 0.15) is 18.4 Å². The van der Waals surface area contributed by atoms with Crippen LogP contribution in [0.3, 0.4) is 0 Å². The Balaban J connectivity index is 0.00000128. The van der Waals surface area contributed by atoms with Crippen molar-refractivity contribution in [2.24, 2.45) is 0 Å². The molecule has 0 radical (unpaired) electrons. The summed E-state index contributed by atoms with van der Waals surface area (Å²) >= 11 is 0. The third-order valence-electron chi connectivity index (χ3n) is 3.08. The molecule has 1 atom stereocenters. The van der Waals surface area contributed by atoms with Crippen molar-refractivity contribution < 1.29 is 0 Å². The Labute approximate surface area is 104 Å². The van der Waals surface area contributed by atoms with Crippen LogP contribution in [0, 0.1) is 6.92 Å². The Morgan fingerprint density at radius 3 is 2.94 bits per heavy atom. The quantitative estimate of drug-likeness (QED) is 0.859. The molecule has 1 saturated heterocycles. The number of hydrogen-bond donors (Lipinski definition) is 1. The van der Waals surface area contributed by atoms with Gasteiger partial charge in [-0.1, -0.05) is 0 Å². The number of aromatic nitrogens is 1. The van der Waals surface area contributed by atoms with Gasteiger partial charge in [-0.05, 0) is 44.0 Å². The molecule has 0 aliphatic carbocycles. The first-order chi connectivity index (χ1) is 7.27. The molecule has 1 N–H and O–H groups in total. The van der Waals surface area contributed by atoms with Crippen molar-refractivity contribution in [2.75, 3.05) is 25.0 Å². The minimum Gasteiger partial charge on any atom is -0.355 e. The molecule has 0 unspecified atom stereocenters. The summed E-state index contributed by atoms with van der Waals surface area (Å²) in [6.45, 7) is 4.34. The minimum absolute atomic E-state index is 0. The largest absolute Gasteiger partial charge is 0.355 e. The van der Waals surface area contributed by atoms with Crippen LogP contribution >= 0.6 is 12.4 Å². The molecule has 1 fully saturated rings. The van der Waals surface area contributed by atoms with Gasteiger partial charge in [0.25, 0.3) is 0 Å². The number of anilines is 1. The molecular formula is C12H20ClN3. The van der Waals surface area contributed by atoms with Gasteiger partial charge in [0.1, 0.15) is 5.82 Å². The van der Waals surface area contributed by atoms with Crippen LogP contribution in [-0.4, -0.2) is 31.2 Å². The third kappa shape index (κ3) is 3.09. The van der Waals surface area contributed by atoms with E-state index in [4.69, 9.17) is 0 Å². The molecule has 4 heteroatoms. The summed E-state index contributed by atoms with van der Waals surface area (Å²) in [6.07, 6.45) is 4.41. The molecule has 0 spiro atoms. The van der Waals surface area contributed by atoms with Gasteiger partial charge in [-0.15, -0.1) is 12.4 Å². The predicted octanol–water partition coefficient (Wildman–Crippen LogP) is 2.00. The van der Waals surface area contributed by atoms with Crippen molar-refractivity contribution in [3.05, 3.63) is 23.9 Å². The molecule has 16 heavy (non-hydrogen) atoms. The number of hydrogen-bond acceptors (Lipinski definition) is 3. The van der Waals surface area contributed by atoms with Gasteiger partial charge in [-0.25, -0.2) is 4.98 Å². The van der Waals surface area contributed by atoms with Crippen molar-refractivity contribution in [2.45, 2.75) is 25.8 Å². The van der Waals surface area contributed by atoms with Crippen molar-refractivity contribution in [3.8, 4) is 0 Å². The zero-order valence-electron chi connectivity index (χ0n) is 9.94. The number of nitrogens with zero attached hydrogens (tertiary/aromatic N) is 2. The highest BCUT2D eigenvalue weighted by Crippen LogP contribution is 2.17. The first-order valence-electron chi connectivity index (χ1n) is 5.63. The summed E-state index contributed by atoms with van der Waals surface area (Å²) in [5.41, 5.74) is 1.27. The second-order valence-electron chi connectivity index (χ2n) is 4.30. The third-order valence-corrected chi connectivity index (χ3v) is 3.08. The first kappa shape index (κ1) is 13.3. The van der Waals surface area contributed by atoms with Gasteiger partial charge in [0.2, 0.25) is 0 Å². The van der Waals surface area contributed by atoms with Gasteiger partial charge in [0, 0.05) is 25.8 Å². The van der Waals surface area contributed by atoms with Gasteiger partial charge < -0.3 is 10.2 Å². The number of aryl methyl sites for hydroxylation is 1. The Morgan fingerprint density at radius 1 is 1.50 bits per heavy atom. The van der Waals surface area contributed by atoms with Gasteiger partial charge in [-0.2, -0.15) is 0 Å². The molecule has 1 aliphatic heterocycles. The van der Waals surface area contributed by atoms with Gasteiger partial charge in [0.15, 0.2) is 0 Å². The van der Waals surface area contributed by atoms with E-state index in [1.165, 1.54) is 18.4 Å². The van der Waals surface area contributed by atoms with E-state index in [0.29, 0.717) is 6.04 Å². The van der Waals surface area contributed by atoms with Crippen LogP contribution in [0.25, 0.3) is 0 Å². The van der Waals surface area contributed by atoms with Crippen LogP contribution in [0.15, 0.2) is 18.3 Å². The Bertz CT molecular complexity index is 324. The Kier molecular flexibility index (Phi) is 5.03. The van der Waals surface area contributed by atoms with E-state index in [1.54, 1.807) is 0 Å². The lowest BCUT2D eigenvalue weighted by molar-refractivity contribution is 0.443. The molecular weight excluding hydrogens is 222 g/mol. The lowest BCUT2D eigenvalue weighted by Crippen LogP contribution is -2.44. The average Bonchev–Trinajstić information content (AvgIpc) is 2.29. The lowest BCUT2D eigenvalue weighted by atomic mass is 10.1. The standard InChI is InChI=1S/C12H19N3.ClH/c1-10-5-7-14-12(8-10)15(2)11-4-3-6-13-9-11;/h5,7-8,11,13H,3-4,6,9H2,1-2H3;1H/t11-;/m1./s1. The zero-order chi connectivity index (χ0) is 10.7. The summed E-state index contributed by atoms with van der Waals surface area (Å²) in [5, 5.41) is 3.43. The molecule has 2 heterocycles. The van der Waals surface area contributed by atoms with Crippen LogP contribution in [0.4, 0.5) is 5.82 Å². The van der Waals surface area contributed by atoms with Crippen LogP contribution in [0.2, 0.25) is 0 Å². The van der Waals surface area contributed by atoms with E-state index < -0.39 is 0 Å². The van der Waals surface area contributed by atoms with Crippen molar-refractivity contribution in [1.82, 2.24) is 10.3 Å².